The minimum absolute atomic E-state index is 0.208. The second kappa shape index (κ2) is 8.56. The topological polar surface area (TPSA) is 117 Å². The number of benzene rings is 2. The van der Waals surface area contributed by atoms with Crippen LogP contribution in [0.5, 0.6) is 5.75 Å². The molecule has 7 nitrogen and oxygen atoms in total. The molecule has 1 fully saturated rings. The molecule has 35 heavy (non-hydrogen) atoms. The van der Waals surface area contributed by atoms with Gasteiger partial charge < -0.3 is 20.9 Å². The first-order chi connectivity index (χ1) is 16.3. The smallest absolute Gasteiger partial charge is 0.428 e. The number of nitrogen functional groups attached to an aromatic ring is 1. The Morgan fingerprint density at radius 2 is 1.66 bits per heavy atom. The van der Waals surface area contributed by atoms with Gasteiger partial charge in [-0.2, -0.15) is 26.3 Å². The zero-order valence-corrected chi connectivity index (χ0v) is 17.8. The molecule has 5 N–H and O–H groups in total. The highest BCUT2D eigenvalue weighted by Crippen LogP contribution is 2.43. The van der Waals surface area contributed by atoms with Gasteiger partial charge in [0.15, 0.2) is 0 Å². The van der Waals surface area contributed by atoms with Crippen molar-refractivity contribution in [2.45, 2.75) is 36.9 Å². The van der Waals surface area contributed by atoms with Crippen molar-refractivity contribution in [3.63, 3.8) is 0 Å². The first-order valence-corrected chi connectivity index (χ1v) is 10.3. The van der Waals surface area contributed by atoms with E-state index >= 15 is 0 Å². The number of hydrogen-bond acceptors (Lipinski definition) is 7. The quantitative estimate of drug-likeness (QED) is 0.282. The molecule has 2 aromatic carbocycles. The third-order valence-corrected chi connectivity index (χ3v) is 5.50. The number of aliphatic hydroxyl groups is 1. The molecule has 3 aromatic rings. The molecule has 0 aliphatic heterocycles. The van der Waals surface area contributed by atoms with Gasteiger partial charge in [0.25, 0.3) is 5.60 Å². The minimum atomic E-state index is -6.02. The van der Waals surface area contributed by atoms with Crippen LogP contribution in [0.2, 0.25) is 0 Å². The second-order valence-electron chi connectivity index (χ2n) is 8.11. The van der Waals surface area contributed by atoms with Gasteiger partial charge in [-0.3, -0.25) is 5.41 Å². The summed E-state index contributed by atoms with van der Waals surface area (Å²) >= 11 is 0. The van der Waals surface area contributed by atoms with Crippen molar-refractivity contribution < 1.29 is 36.2 Å². The van der Waals surface area contributed by atoms with E-state index in [0.29, 0.717) is 11.1 Å². The summed E-state index contributed by atoms with van der Waals surface area (Å²) < 4.78 is 84.0. The molecule has 0 radical (unpaired) electrons. The fourth-order valence-electron chi connectivity index (χ4n) is 3.33. The Morgan fingerprint density at radius 1 is 1.03 bits per heavy atom. The van der Waals surface area contributed by atoms with Crippen LogP contribution in [0.3, 0.4) is 0 Å². The van der Waals surface area contributed by atoms with Crippen molar-refractivity contribution in [2.75, 3.05) is 17.6 Å². The van der Waals surface area contributed by atoms with Crippen molar-refractivity contribution in [2.24, 2.45) is 0 Å². The Morgan fingerprint density at radius 3 is 2.29 bits per heavy atom. The van der Waals surface area contributed by atoms with E-state index in [9.17, 15) is 31.4 Å². The van der Waals surface area contributed by atoms with Crippen molar-refractivity contribution in [3.8, 4) is 5.75 Å². The predicted octanol–water partition coefficient (Wildman–Crippen LogP) is 4.44. The summed E-state index contributed by atoms with van der Waals surface area (Å²) in [6.45, 7) is -2.00. The number of alkyl halides is 6. The van der Waals surface area contributed by atoms with Crippen LogP contribution in [0, 0.1) is 5.41 Å². The maximum Gasteiger partial charge on any atom is 0.428 e. The molecule has 1 saturated carbocycles. The first-order valence-electron chi connectivity index (χ1n) is 10.3. The van der Waals surface area contributed by atoms with E-state index in [1.807, 2.05) is 11.4 Å². The fraction of sp³-hybridized carbons (Fsp3) is 0.318. The average Bonchev–Trinajstić information content (AvgIpc) is 3.59. The van der Waals surface area contributed by atoms with E-state index in [0.717, 1.165) is 24.6 Å². The second-order valence-corrected chi connectivity index (χ2v) is 8.11. The van der Waals surface area contributed by atoms with Gasteiger partial charge >= 0.3 is 12.4 Å². The molecule has 1 aliphatic carbocycles. The van der Waals surface area contributed by atoms with E-state index in [2.05, 4.69) is 9.97 Å². The average molecular weight is 499 g/mol. The van der Waals surface area contributed by atoms with Crippen LogP contribution >= 0.6 is 0 Å². The molecule has 0 saturated heterocycles. The van der Waals surface area contributed by atoms with Crippen molar-refractivity contribution in [3.05, 3.63) is 53.9 Å². The molecule has 0 spiro atoms. The number of anilines is 2. The van der Waals surface area contributed by atoms with Gasteiger partial charge in [0.1, 0.15) is 23.7 Å². The van der Waals surface area contributed by atoms with Crippen LogP contribution in [0.4, 0.5) is 38.0 Å². The van der Waals surface area contributed by atoms with E-state index in [1.54, 1.807) is 30.3 Å². The van der Waals surface area contributed by atoms with Crippen molar-refractivity contribution in [1.82, 2.24) is 9.97 Å². The molecular formula is C22H19F6N5O2. The number of hydrogen-bond donors (Lipinski definition) is 4. The Hall–Kier alpha value is -3.61. The standard InChI is InChI=1S/C22H19F6N5O2/c23-21(24,25)20(34,22(26,27)28)9-31-19-16(18(30)32-10-33-19)17(29)13-2-1-12-8-15(35-14-5-6-14)4-3-11(12)7-13/h1-4,7-8,10,14,29,34H,5-6,9H2,(H3,30,31,32,33). The molecule has 0 bridgehead atoms. The van der Waals surface area contributed by atoms with E-state index in [4.69, 9.17) is 15.9 Å². The lowest BCUT2D eigenvalue weighted by molar-refractivity contribution is -0.362. The zero-order chi connectivity index (χ0) is 25.6. The monoisotopic (exact) mass is 499 g/mol. The summed E-state index contributed by atoms with van der Waals surface area (Å²) in [5.41, 5.74) is 0.358. The molecule has 0 atom stereocenters. The third kappa shape index (κ3) is 4.81. The number of nitrogens with two attached hydrogens (primary N) is 1. The Kier molecular flexibility index (Phi) is 5.99. The SMILES string of the molecule is N=C(c1ccc2cc(OC3CC3)ccc2c1)c1c(N)ncnc1NCC(O)(C(F)(F)F)C(F)(F)F. The third-order valence-electron chi connectivity index (χ3n) is 5.50. The lowest BCUT2D eigenvalue weighted by Crippen LogP contribution is -2.61. The van der Waals surface area contributed by atoms with Crippen molar-refractivity contribution >= 4 is 28.1 Å². The molecule has 186 valence electrons. The maximum absolute atomic E-state index is 13.0. The van der Waals surface area contributed by atoms with Crippen LogP contribution in [0.15, 0.2) is 42.7 Å². The molecule has 1 aromatic heterocycles. The van der Waals surface area contributed by atoms with Crippen molar-refractivity contribution in [1.29, 1.82) is 5.41 Å². The van der Waals surface area contributed by atoms with Gasteiger partial charge in [0, 0.05) is 5.56 Å². The minimum Gasteiger partial charge on any atom is -0.490 e. The van der Waals surface area contributed by atoms with Crippen LogP contribution < -0.4 is 15.8 Å². The van der Waals surface area contributed by atoms with E-state index in [1.165, 1.54) is 0 Å². The normalized spacial score (nSPS) is 14.7. The fourth-order valence-corrected chi connectivity index (χ4v) is 3.33. The number of aromatic nitrogens is 2. The van der Waals surface area contributed by atoms with Gasteiger partial charge in [-0.1, -0.05) is 18.2 Å². The van der Waals surface area contributed by atoms with Gasteiger partial charge in [-0.25, -0.2) is 9.97 Å². The van der Waals surface area contributed by atoms with Crippen LogP contribution in [0.25, 0.3) is 10.8 Å². The summed E-state index contributed by atoms with van der Waals surface area (Å²) in [4.78, 5) is 7.35. The lowest BCUT2D eigenvalue weighted by atomic mass is 9.99. The molecular weight excluding hydrogens is 480 g/mol. The number of nitrogens with one attached hydrogen (secondary N) is 2. The van der Waals surface area contributed by atoms with Crippen LogP contribution in [-0.2, 0) is 0 Å². The van der Waals surface area contributed by atoms with E-state index in [-0.39, 0.29) is 28.8 Å². The number of fused-ring (bicyclic) bond motifs is 1. The molecule has 0 amide bonds. The number of ether oxygens (including phenoxy) is 1. The molecule has 1 heterocycles. The number of rotatable bonds is 7. The van der Waals surface area contributed by atoms with Gasteiger partial charge in [0.2, 0.25) is 0 Å². The molecule has 0 unspecified atom stereocenters. The van der Waals surface area contributed by atoms with Crippen LogP contribution in [-0.4, -0.2) is 51.4 Å². The highest BCUT2D eigenvalue weighted by Gasteiger charge is 2.70. The molecule has 13 heteroatoms. The highest BCUT2D eigenvalue weighted by atomic mass is 19.4. The molecule has 1 aliphatic rings. The maximum atomic E-state index is 13.0. The number of nitrogens with zero attached hydrogens (tertiary/aromatic N) is 2. The van der Waals surface area contributed by atoms with Gasteiger partial charge in [-0.05, 0) is 41.8 Å². The first kappa shape index (κ1) is 24.5. The lowest BCUT2D eigenvalue weighted by Gasteiger charge is -2.32. The summed E-state index contributed by atoms with van der Waals surface area (Å²) in [5.74, 6) is -0.220. The Bertz CT molecular complexity index is 1260. The predicted molar refractivity (Wildman–Crippen MR) is 116 cm³/mol. The zero-order valence-electron chi connectivity index (χ0n) is 17.8. The van der Waals surface area contributed by atoms with E-state index < -0.39 is 30.3 Å². The Balaban J connectivity index is 1.63. The number of halogens is 6. The summed E-state index contributed by atoms with van der Waals surface area (Å²) in [5, 5.41) is 21.3. The summed E-state index contributed by atoms with van der Waals surface area (Å²) in [6.07, 6.45) is -9.03. The van der Waals surface area contributed by atoms with Crippen LogP contribution in [0.1, 0.15) is 24.0 Å². The van der Waals surface area contributed by atoms with Gasteiger partial charge in [0.05, 0.1) is 23.9 Å². The highest BCUT2D eigenvalue weighted by molar-refractivity contribution is 6.17. The molecule has 4 rings (SSSR count). The van der Waals surface area contributed by atoms with Gasteiger partial charge in [-0.15, -0.1) is 0 Å². The Labute approximate surface area is 194 Å². The largest absolute Gasteiger partial charge is 0.490 e. The summed E-state index contributed by atoms with van der Waals surface area (Å²) in [7, 11) is 0. The summed E-state index contributed by atoms with van der Waals surface area (Å²) in [6, 6.07) is 10.2.